The first-order valence-electron chi connectivity index (χ1n) is 5.65. The van der Waals surface area contributed by atoms with Crippen LogP contribution >= 0.6 is 15.9 Å². The largest absolute Gasteiger partial charge is 0.469 e. The monoisotopic (exact) mass is 322 g/mol. The van der Waals surface area contributed by atoms with Crippen molar-refractivity contribution in [2.45, 2.75) is 6.42 Å². The molecule has 2 rings (SSSR count). The first-order valence-corrected chi connectivity index (χ1v) is 6.44. The van der Waals surface area contributed by atoms with Crippen LogP contribution in [0.1, 0.15) is 12.0 Å². The second-order valence-corrected chi connectivity index (χ2v) is 5.03. The third-order valence-electron chi connectivity index (χ3n) is 3.05. The zero-order chi connectivity index (χ0) is 14.0. The molecule has 5 nitrogen and oxygen atoms in total. The van der Waals surface area contributed by atoms with E-state index in [1.807, 2.05) is 0 Å². The fourth-order valence-corrected chi connectivity index (χ4v) is 2.56. The fourth-order valence-electron chi connectivity index (χ4n) is 2.11. The van der Waals surface area contributed by atoms with E-state index >= 15 is 0 Å². The number of benzene rings is 1. The highest BCUT2D eigenvalue weighted by atomic mass is 79.9. The van der Waals surface area contributed by atoms with Crippen molar-refractivity contribution in [1.29, 1.82) is 5.26 Å². The number of nitrogens with zero attached hydrogens (tertiary/aromatic N) is 2. The molecule has 1 saturated heterocycles. The maximum absolute atomic E-state index is 12.0. The molecular formula is C13H11BrN2O3. The number of methoxy groups -OCH3 is 1. The number of amides is 1. The third-order valence-corrected chi connectivity index (χ3v) is 3.71. The van der Waals surface area contributed by atoms with Crippen LogP contribution in [-0.2, 0) is 14.3 Å². The Balaban J connectivity index is 2.34. The lowest BCUT2D eigenvalue weighted by Crippen LogP contribution is -2.27. The number of esters is 1. The molecule has 0 saturated carbocycles. The Bertz CT molecular complexity index is 580. The number of halogens is 1. The van der Waals surface area contributed by atoms with Gasteiger partial charge < -0.3 is 9.64 Å². The van der Waals surface area contributed by atoms with E-state index in [1.165, 1.54) is 12.0 Å². The maximum atomic E-state index is 12.0. The summed E-state index contributed by atoms with van der Waals surface area (Å²) in [6.45, 7) is 0.247. The quantitative estimate of drug-likeness (QED) is 0.779. The number of anilines is 1. The first-order chi connectivity index (χ1) is 9.08. The molecule has 1 aromatic rings. The molecule has 0 aliphatic carbocycles. The van der Waals surface area contributed by atoms with Gasteiger partial charge in [0.2, 0.25) is 5.91 Å². The van der Waals surface area contributed by atoms with Gasteiger partial charge in [0.15, 0.2) is 0 Å². The van der Waals surface area contributed by atoms with Crippen LogP contribution in [0.2, 0.25) is 0 Å². The van der Waals surface area contributed by atoms with E-state index in [2.05, 4.69) is 26.7 Å². The summed E-state index contributed by atoms with van der Waals surface area (Å²) in [5.74, 6) is -1.04. The fraction of sp³-hybridized carbons (Fsp3) is 0.308. The standard InChI is InChI=1S/C13H11BrN2O3/c1-19-13(18)8-5-12(17)16(7-8)11-4-2-3-10(14)9(11)6-15/h2-4,8H,5,7H2,1H3. The summed E-state index contributed by atoms with van der Waals surface area (Å²) in [6, 6.07) is 7.24. The number of carbonyl (C=O) groups excluding carboxylic acids is 2. The molecule has 98 valence electrons. The van der Waals surface area contributed by atoms with Gasteiger partial charge in [-0.25, -0.2) is 0 Å². The molecule has 1 aliphatic rings. The molecule has 1 heterocycles. The van der Waals surface area contributed by atoms with Crippen LogP contribution in [0.5, 0.6) is 0 Å². The molecule has 1 fully saturated rings. The molecule has 1 unspecified atom stereocenters. The predicted molar refractivity (Wildman–Crippen MR) is 71.3 cm³/mol. The molecule has 1 amide bonds. The molecule has 0 bridgehead atoms. The van der Waals surface area contributed by atoms with Crippen LogP contribution in [-0.4, -0.2) is 25.5 Å². The molecule has 0 radical (unpaired) electrons. The van der Waals surface area contributed by atoms with Crippen LogP contribution in [0, 0.1) is 17.2 Å². The molecule has 0 spiro atoms. The van der Waals surface area contributed by atoms with Gasteiger partial charge in [-0.3, -0.25) is 9.59 Å². The number of rotatable bonds is 2. The Morgan fingerprint density at radius 2 is 2.32 bits per heavy atom. The molecule has 6 heteroatoms. The van der Waals surface area contributed by atoms with Gasteiger partial charge in [-0.2, -0.15) is 5.26 Å². The molecule has 19 heavy (non-hydrogen) atoms. The van der Waals surface area contributed by atoms with E-state index < -0.39 is 11.9 Å². The summed E-state index contributed by atoms with van der Waals surface area (Å²) in [7, 11) is 1.30. The molecule has 1 aliphatic heterocycles. The second kappa shape index (κ2) is 5.41. The van der Waals surface area contributed by atoms with Crippen molar-refractivity contribution in [3.05, 3.63) is 28.2 Å². The number of carbonyl (C=O) groups is 2. The Morgan fingerprint density at radius 1 is 1.58 bits per heavy atom. The van der Waals surface area contributed by atoms with Gasteiger partial charge in [0.05, 0.1) is 24.3 Å². The van der Waals surface area contributed by atoms with E-state index in [1.54, 1.807) is 18.2 Å². The van der Waals surface area contributed by atoms with Crippen molar-refractivity contribution < 1.29 is 14.3 Å². The molecular weight excluding hydrogens is 312 g/mol. The van der Waals surface area contributed by atoms with Crippen molar-refractivity contribution >= 4 is 33.5 Å². The lowest BCUT2D eigenvalue weighted by molar-refractivity contribution is -0.145. The Morgan fingerprint density at radius 3 is 2.95 bits per heavy atom. The Hall–Kier alpha value is -1.87. The van der Waals surface area contributed by atoms with E-state index in [-0.39, 0.29) is 18.9 Å². The Kier molecular flexibility index (Phi) is 3.86. The molecule has 0 aromatic heterocycles. The van der Waals surface area contributed by atoms with Gasteiger partial charge in [0, 0.05) is 17.4 Å². The van der Waals surface area contributed by atoms with Crippen LogP contribution < -0.4 is 4.90 Å². The van der Waals surface area contributed by atoms with Crippen molar-refractivity contribution in [2.75, 3.05) is 18.6 Å². The van der Waals surface area contributed by atoms with Crippen LogP contribution in [0.15, 0.2) is 22.7 Å². The number of hydrogen-bond donors (Lipinski definition) is 0. The average molecular weight is 323 g/mol. The summed E-state index contributed by atoms with van der Waals surface area (Å²) in [4.78, 5) is 24.9. The second-order valence-electron chi connectivity index (χ2n) is 4.17. The predicted octanol–water partition coefficient (Wildman–Crippen LogP) is 1.85. The average Bonchev–Trinajstić information content (AvgIpc) is 2.79. The minimum Gasteiger partial charge on any atom is -0.469 e. The molecule has 0 N–H and O–H groups in total. The minimum absolute atomic E-state index is 0.115. The highest BCUT2D eigenvalue weighted by Crippen LogP contribution is 2.31. The third kappa shape index (κ3) is 2.47. The summed E-state index contributed by atoms with van der Waals surface area (Å²) in [5.41, 5.74) is 0.912. The van der Waals surface area contributed by atoms with Crippen LogP contribution in [0.3, 0.4) is 0 Å². The van der Waals surface area contributed by atoms with E-state index in [4.69, 9.17) is 5.26 Å². The van der Waals surface area contributed by atoms with Crippen molar-refractivity contribution in [3.63, 3.8) is 0 Å². The van der Waals surface area contributed by atoms with Gasteiger partial charge in [-0.15, -0.1) is 0 Å². The molecule has 1 atom stereocenters. The lowest BCUT2D eigenvalue weighted by Gasteiger charge is -2.18. The normalized spacial score (nSPS) is 18.3. The lowest BCUT2D eigenvalue weighted by atomic mass is 10.1. The number of hydrogen-bond acceptors (Lipinski definition) is 4. The summed E-state index contributed by atoms with van der Waals surface area (Å²) in [5, 5.41) is 9.16. The highest BCUT2D eigenvalue weighted by molar-refractivity contribution is 9.10. The summed E-state index contributed by atoms with van der Waals surface area (Å²) in [6.07, 6.45) is 0.115. The van der Waals surface area contributed by atoms with Gasteiger partial charge in [0.1, 0.15) is 6.07 Å². The SMILES string of the molecule is COC(=O)C1CC(=O)N(c2cccc(Br)c2C#N)C1. The maximum Gasteiger partial charge on any atom is 0.311 e. The number of ether oxygens (including phenoxy) is 1. The van der Waals surface area contributed by atoms with E-state index in [9.17, 15) is 9.59 Å². The van der Waals surface area contributed by atoms with Gasteiger partial charge in [0.25, 0.3) is 0 Å². The van der Waals surface area contributed by atoms with Crippen LogP contribution in [0.4, 0.5) is 5.69 Å². The van der Waals surface area contributed by atoms with Crippen molar-refractivity contribution in [3.8, 4) is 6.07 Å². The van der Waals surface area contributed by atoms with Crippen LogP contribution in [0.25, 0.3) is 0 Å². The highest BCUT2D eigenvalue weighted by Gasteiger charge is 2.36. The Labute approximate surface area is 118 Å². The van der Waals surface area contributed by atoms with E-state index in [0.29, 0.717) is 15.7 Å². The van der Waals surface area contributed by atoms with E-state index in [0.717, 1.165) is 0 Å². The smallest absolute Gasteiger partial charge is 0.311 e. The number of nitriles is 1. The zero-order valence-electron chi connectivity index (χ0n) is 10.2. The van der Waals surface area contributed by atoms with Gasteiger partial charge in [-0.1, -0.05) is 6.07 Å². The summed E-state index contributed by atoms with van der Waals surface area (Å²) < 4.78 is 5.28. The minimum atomic E-state index is -0.469. The van der Waals surface area contributed by atoms with Crippen molar-refractivity contribution in [1.82, 2.24) is 0 Å². The molecule has 1 aromatic carbocycles. The van der Waals surface area contributed by atoms with Gasteiger partial charge in [-0.05, 0) is 28.1 Å². The summed E-state index contributed by atoms with van der Waals surface area (Å²) >= 11 is 3.28. The topological polar surface area (TPSA) is 70.4 Å². The van der Waals surface area contributed by atoms with Crippen molar-refractivity contribution in [2.24, 2.45) is 5.92 Å². The van der Waals surface area contributed by atoms with Gasteiger partial charge >= 0.3 is 5.97 Å². The zero-order valence-corrected chi connectivity index (χ0v) is 11.8. The first kappa shape index (κ1) is 13.6.